The van der Waals surface area contributed by atoms with Gasteiger partial charge in [0.15, 0.2) is 0 Å². The molecule has 1 fully saturated rings. The minimum Gasteiger partial charge on any atom is -0.464 e. The maximum atomic E-state index is 12.5. The van der Waals surface area contributed by atoms with E-state index in [9.17, 15) is 9.59 Å². The van der Waals surface area contributed by atoms with Crippen molar-refractivity contribution < 1.29 is 14.0 Å². The molecule has 1 aromatic heterocycles. The van der Waals surface area contributed by atoms with Crippen LogP contribution in [0, 0.1) is 6.92 Å². The van der Waals surface area contributed by atoms with Crippen molar-refractivity contribution in [2.45, 2.75) is 32.2 Å². The number of para-hydroxylation sites is 1. The first-order valence-corrected chi connectivity index (χ1v) is 8.76. The van der Waals surface area contributed by atoms with Crippen LogP contribution in [0.25, 0.3) is 11.0 Å². The molecule has 0 radical (unpaired) electrons. The van der Waals surface area contributed by atoms with Crippen molar-refractivity contribution in [3.8, 4) is 0 Å². The van der Waals surface area contributed by atoms with E-state index in [1.807, 2.05) is 25.1 Å². The highest BCUT2D eigenvalue weighted by Crippen LogP contribution is 2.24. The van der Waals surface area contributed by atoms with E-state index in [2.05, 4.69) is 10.6 Å². The van der Waals surface area contributed by atoms with Crippen molar-refractivity contribution in [3.63, 3.8) is 0 Å². The number of hydrogen-bond acceptors (Lipinski definition) is 3. The predicted octanol–water partition coefficient (Wildman–Crippen LogP) is 3.81. The molecular weight excluding hydrogens is 328 g/mol. The average Bonchev–Trinajstić information content (AvgIpc) is 3.35. The van der Waals surface area contributed by atoms with Crippen LogP contribution in [0.15, 0.2) is 53.1 Å². The van der Waals surface area contributed by atoms with Crippen LogP contribution in [0.5, 0.6) is 0 Å². The molecule has 5 nitrogen and oxygen atoms in total. The van der Waals surface area contributed by atoms with Gasteiger partial charge < -0.3 is 15.1 Å². The quantitative estimate of drug-likeness (QED) is 0.736. The number of furan rings is 1. The van der Waals surface area contributed by atoms with Crippen LogP contribution >= 0.6 is 0 Å². The van der Waals surface area contributed by atoms with Crippen molar-refractivity contribution in [2.75, 3.05) is 5.32 Å². The standard InChI is InChI=1S/C21H20N2O3/c1-13-6-9-16-14(12-26-19(16)10-13)11-20(24)23-18-5-3-2-4-17(18)21(25)22-15-7-8-15/h2-6,9-10,12,15H,7-8,11H2,1H3,(H,22,25)(H,23,24). The number of aryl methyl sites for hydroxylation is 1. The minimum absolute atomic E-state index is 0.146. The molecule has 5 heteroatoms. The molecule has 132 valence electrons. The molecule has 3 aromatic rings. The summed E-state index contributed by atoms with van der Waals surface area (Å²) in [5.41, 5.74) is 3.73. The lowest BCUT2D eigenvalue weighted by atomic mass is 10.1. The largest absolute Gasteiger partial charge is 0.464 e. The van der Waals surface area contributed by atoms with Gasteiger partial charge in [0.25, 0.3) is 5.91 Å². The lowest BCUT2D eigenvalue weighted by Crippen LogP contribution is -2.27. The van der Waals surface area contributed by atoms with Gasteiger partial charge in [0.2, 0.25) is 5.91 Å². The van der Waals surface area contributed by atoms with Gasteiger partial charge in [-0.05, 0) is 43.5 Å². The van der Waals surface area contributed by atoms with Gasteiger partial charge in [0.05, 0.1) is 23.9 Å². The van der Waals surface area contributed by atoms with Gasteiger partial charge in [-0.15, -0.1) is 0 Å². The Morgan fingerprint density at radius 1 is 1.15 bits per heavy atom. The summed E-state index contributed by atoms with van der Waals surface area (Å²) in [5, 5.41) is 6.75. The van der Waals surface area contributed by atoms with Crippen LogP contribution in [0.3, 0.4) is 0 Å². The highest BCUT2D eigenvalue weighted by molar-refractivity contribution is 6.04. The molecule has 0 atom stereocenters. The second-order valence-corrected chi connectivity index (χ2v) is 6.78. The van der Waals surface area contributed by atoms with E-state index in [0.29, 0.717) is 11.3 Å². The first-order chi connectivity index (χ1) is 12.6. The molecule has 0 unspecified atom stereocenters. The fraction of sp³-hybridized carbons (Fsp3) is 0.238. The zero-order chi connectivity index (χ0) is 18.1. The second kappa shape index (κ2) is 6.67. The average molecular weight is 348 g/mol. The summed E-state index contributed by atoms with van der Waals surface area (Å²) in [6.45, 7) is 2.00. The van der Waals surface area contributed by atoms with Crippen molar-refractivity contribution in [3.05, 3.63) is 65.4 Å². The van der Waals surface area contributed by atoms with E-state index in [4.69, 9.17) is 4.42 Å². The zero-order valence-corrected chi connectivity index (χ0v) is 14.5. The summed E-state index contributed by atoms with van der Waals surface area (Å²) in [7, 11) is 0. The zero-order valence-electron chi connectivity index (χ0n) is 14.5. The molecule has 26 heavy (non-hydrogen) atoms. The van der Waals surface area contributed by atoms with E-state index in [1.165, 1.54) is 0 Å². The molecule has 4 rings (SSSR count). The van der Waals surface area contributed by atoms with E-state index >= 15 is 0 Å². The number of rotatable bonds is 5. The summed E-state index contributed by atoms with van der Waals surface area (Å²) in [5.74, 6) is -0.326. The summed E-state index contributed by atoms with van der Waals surface area (Å²) < 4.78 is 5.55. The van der Waals surface area contributed by atoms with Crippen molar-refractivity contribution in [1.82, 2.24) is 5.32 Å². The highest BCUT2D eigenvalue weighted by Gasteiger charge is 2.25. The predicted molar refractivity (Wildman–Crippen MR) is 100 cm³/mol. The van der Waals surface area contributed by atoms with E-state index in [0.717, 1.165) is 34.9 Å². The van der Waals surface area contributed by atoms with Gasteiger partial charge >= 0.3 is 0 Å². The Balaban J connectivity index is 1.50. The fourth-order valence-corrected chi connectivity index (χ4v) is 2.98. The summed E-state index contributed by atoms with van der Waals surface area (Å²) in [4.78, 5) is 24.9. The van der Waals surface area contributed by atoms with Crippen LogP contribution in [0.1, 0.15) is 34.3 Å². The smallest absolute Gasteiger partial charge is 0.253 e. The van der Waals surface area contributed by atoms with Crippen LogP contribution < -0.4 is 10.6 Å². The van der Waals surface area contributed by atoms with E-state index in [1.54, 1.807) is 30.5 Å². The topological polar surface area (TPSA) is 71.3 Å². The van der Waals surface area contributed by atoms with Crippen LogP contribution in [-0.2, 0) is 11.2 Å². The normalized spacial score (nSPS) is 13.6. The number of benzene rings is 2. The van der Waals surface area contributed by atoms with E-state index in [-0.39, 0.29) is 24.3 Å². The maximum Gasteiger partial charge on any atom is 0.253 e. The number of anilines is 1. The molecule has 2 aromatic carbocycles. The van der Waals surface area contributed by atoms with E-state index < -0.39 is 0 Å². The number of fused-ring (bicyclic) bond motifs is 1. The number of amides is 2. The SMILES string of the molecule is Cc1ccc2c(CC(=O)Nc3ccccc3C(=O)NC3CC3)coc2c1. The number of carbonyl (C=O) groups is 2. The van der Waals surface area contributed by atoms with Gasteiger partial charge in [0, 0.05) is 17.0 Å². The molecule has 1 heterocycles. The molecule has 1 aliphatic carbocycles. The number of nitrogens with one attached hydrogen (secondary N) is 2. The molecule has 1 aliphatic rings. The van der Waals surface area contributed by atoms with Crippen LogP contribution in [0.2, 0.25) is 0 Å². The van der Waals surface area contributed by atoms with Crippen molar-refractivity contribution in [1.29, 1.82) is 0 Å². The highest BCUT2D eigenvalue weighted by atomic mass is 16.3. The number of hydrogen-bond donors (Lipinski definition) is 2. The Morgan fingerprint density at radius 2 is 1.96 bits per heavy atom. The van der Waals surface area contributed by atoms with Gasteiger partial charge in [-0.2, -0.15) is 0 Å². The van der Waals surface area contributed by atoms with Crippen LogP contribution in [0.4, 0.5) is 5.69 Å². The van der Waals surface area contributed by atoms with Gasteiger partial charge in [-0.25, -0.2) is 0 Å². The fourth-order valence-electron chi connectivity index (χ4n) is 2.98. The molecule has 2 N–H and O–H groups in total. The van der Waals surface area contributed by atoms with Crippen molar-refractivity contribution in [2.24, 2.45) is 0 Å². The Hall–Kier alpha value is -3.08. The molecule has 0 aliphatic heterocycles. The molecular formula is C21H20N2O3. The van der Waals surface area contributed by atoms with Gasteiger partial charge in [-0.3, -0.25) is 9.59 Å². The maximum absolute atomic E-state index is 12.5. The molecule has 1 saturated carbocycles. The summed E-state index contributed by atoms with van der Waals surface area (Å²) >= 11 is 0. The monoisotopic (exact) mass is 348 g/mol. The molecule has 2 amide bonds. The first-order valence-electron chi connectivity index (χ1n) is 8.76. The lowest BCUT2D eigenvalue weighted by Gasteiger charge is -2.11. The van der Waals surface area contributed by atoms with Gasteiger partial charge in [0.1, 0.15) is 5.58 Å². The Labute approximate surface area is 151 Å². The van der Waals surface area contributed by atoms with Gasteiger partial charge in [-0.1, -0.05) is 24.3 Å². The minimum atomic E-state index is -0.181. The third kappa shape index (κ3) is 3.47. The third-order valence-electron chi connectivity index (χ3n) is 4.52. The Kier molecular flexibility index (Phi) is 4.21. The summed E-state index contributed by atoms with van der Waals surface area (Å²) in [6.07, 6.45) is 3.85. The first kappa shape index (κ1) is 16.4. The molecule has 0 bridgehead atoms. The van der Waals surface area contributed by atoms with Crippen molar-refractivity contribution >= 4 is 28.5 Å². The lowest BCUT2D eigenvalue weighted by molar-refractivity contribution is -0.115. The number of carbonyl (C=O) groups excluding carboxylic acids is 2. The van der Waals surface area contributed by atoms with Crippen LogP contribution in [-0.4, -0.2) is 17.9 Å². The molecule has 0 saturated heterocycles. The third-order valence-corrected chi connectivity index (χ3v) is 4.52. The Morgan fingerprint density at radius 3 is 2.77 bits per heavy atom. The second-order valence-electron chi connectivity index (χ2n) is 6.78. The molecule has 0 spiro atoms. The summed E-state index contributed by atoms with van der Waals surface area (Å²) in [6, 6.07) is 13.3. The Bertz CT molecular complexity index is 986.